The molecule has 0 aromatic carbocycles. The Balaban J connectivity index is 1.75. The lowest BCUT2D eigenvalue weighted by molar-refractivity contribution is 0.0438. The molecule has 0 bridgehead atoms. The van der Waals surface area contributed by atoms with Crippen LogP contribution in [-0.2, 0) is 6.54 Å². The second kappa shape index (κ2) is 9.54. The van der Waals surface area contributed by atoms with Gasteiger partial charge in [-0.15, -0.1) is 0 Å². The minimum absolute atomic E-state index is 0.0957. The zero-order chi connectivity index (χ0) is 18.4. The van der Waals surface area contributed by atoms with Crippen LogP contribution in [0.3, 0.4) is 0 Å². The number of hydrogen-bond acceptors (Lipinski definition) is 4. The highest BCUT2D eigenvalue weighted by Gasteiger charge is 2.34. The normalized spacial score (nSPS) is 19.8. The van der Waals surface area contributed by atoms with Gasteiger partial charge in [0, 0.05) is 18.2 Å². The van der Waals surface area contributed by atoms with Crippen molar-refractivity contribution in [3.63, 3.8) is 0 Å². The molecular formula is C21H35N3O2. The predicted molar refractivity (Wildman–Crippen MR) is 103 cm³/mol. The van der Waals surface area contributed by atoms with E-state index >= 15 is 0 Å². The molecule has 2 aliphatic carbocycles. The first-order valence-corrected chi connectivity index (χ1v) is 10.7. The number of carbonyl (C=O) groups is 1. The fraction of sp³-hybridized carbons (Fsp3) is 0.810. The second-order valence-corrected chi connectivity index (χ2v) is 7.94. The minimum Gasteiger partial charge on any atom is -0.359 e. The smallest absolute Gasteiger partial charge is 0.276 e. The van der Waals surface area contributed by atoms with Crippen molar-refractivity contribution in [1.82, 2.24) is 15.0 Å². The maximum Gasteiger partial charge on any atom is 0.276 e. The first-order chi connectivity index (χ1) is 12.7. The van der Waals surface area contributed by atoms with E-state index in [-0.39, 0.29) is 5.91 Å². The van der Waals surface area contributed by atoms with Crippen molar-refractivity contribution in [3.8, 4) is 0 Å². The van der Waals surface area contributed by atoms with Crippen LogP contribution in [0.1, 0.15) is 94.3 Å². The Morgan fingerprint density at radius 1 is 1.00 bits per heavy atom. The number of aromatic nitrogens is 1. The Morgan fingerprint density at radius 3 is 2.04 bits per heavy atom. The van der Waals surface area contributed by atoms with Crippen LogP contribution in [-0.4, -0.2) is 46.0 Å². The van der Waals surface area contributed by atoms with E-state index in [4.69, 9.17) is 4.52 Å². The molecule has 0 saturated heterocycles. The highest BCUT2D eigenvalue weighted by atomic mass is 16.5. The van der Waals surface area contributed by atoms with Crippen LogP contribution in [0.4, 0.5) is 0 Å². The van der Waals surface area contributed by atoms with Crippen LogP contribution in [0.2, 0.25) is 0 Å². The van der Waals surface area contributed by atoms with Crippen LogP contribution in [0.15, 0.2) is 10.6 Å². The van der Waals surface area contributed by atoms with Crippen LogP contribution in [0.25, 0.3) is 0 Å². The molecule has 2 aliphatic rings. The summed E-state index contributed by atoms with van der Waals surface area (Å²) < 4.78 is 5.51. The number of amides is 1. The van der Waals surface area contributed by atoms with Crippen molar-refractivity contribution in [2.75, 3.05) is 13.1 Å². The van der Waals surface area contributed by atoms with E-state index in [1.807, 2.05) is 6.07 Å². The molecule has 1 aromatic heterocycles. The average molecular weight is 362 g/mol. The molecule has 5 nitrogen and oxygen atoms in total. The number of rotatable bonds is 7. The van der Waals surface area contributed by atoms with Crippen molar-refractivity contribution in [2.24, 2.45) is 0 Å². The molecule has 146 valence electrons. The maximum absolute atomic E-state index is 13.4. The van der Waals surface area contributed by atoms with E-state index < -0.39 is 0 Å². The van der Waals surface area contributed by atoms with E-state index in [1.165, 1.54) is 38.5 Å². The average Bonchev–Trinajstić information content (AvgIpc) is 3.16. The summed E-state index contributed by atoms with van der Waals surface area (Å²) in [6.07, 6.45) is 12.2. The summed E-state index contributed by atoms with van der Waals surface area (Å²) in [7, 11) is 0. The molecule has 26 heavy (non-hydrogen) atoms. The van der Waals surface area contributed by atoms with E-state index in [0.29, 0.717) is 17.8 Å². The number of hydrogen-bond donors (Lipinski definition) is 0. The van der Waals surface area contributed by atoms with Crippen molar-refractivity contribution >= 4 is 5.91 Å². The molecule has 0 spiro atoms. The van der Waals surface area contributed by atoms with Crippen LogP contribution < -0.4 is 0 Å². The molecule has 0 unspecified atom stereocenters. The molecule has 5 heteroatoms. The topological polar surface area (TPSA) is 49.6 Å². The third kappa shape index (κ3) is 4.67. The molecule has 2 fully saturated rings. The molecule has 1 amide bonds. The quantitative estimate of drug-likeness (QED) is 0.711. The van der Waals surface area contributed by atoms with Gasteiger partial charge in [0.2, 0.25) is 0 Å². The summed E-state index contributed by atoms with van der Waals surface area (Å²) in [6.45, 7) is 6.94. The van der Waals surface area contributed by atoms with Crippen molar-refractivity contribution in [3.05, 3.63) is 17.5 Å². The van der Waals surface area contributed by atoms with E-state index in [9.17, 15) is 4.79 Å². The van der Waals surface area contributed by atoms with Crippen molar-refractivity contribution in [2.45, 2.75) is 96.7 Å². The maximum atomic E-state index is 13.4. The fourth-order valence-electron chi connectivity index (χ4n) is 4.64. The van der Waals surface area contributed by atoms with Gasteiger partial charge >= 0.3 is 0 Å². The molecule has 1 aromatic rings. The van der Waals surface area contributed by atoms with Crippen LogP contribution >= 0.6 is 0 Å². The number of carbonyl (C=O) groups excluding carboxylic acids is 1. The van der Waals surface area contributed by atoms with Crippen LogP contribution in [0.5, 0.6) is 0 Å². The van der Waals surface area contributed by atoms with Crippen molar-refractivity contribution < 1.29 is 9.32 Å². The van der Waals surface area contributed by atoms with E-state index in [1.54, 1.807) is 0 Å². The summed E-state index contributed by atoms with van der Waals surface area (Å²) in [6, 6.07) is 2.66. The third-order valence-electron chi connectivity index (χ3n) is 6.22. The Kier molecular flexibility index (Phi) is 7.12. The summed E-state index contributed by atoms with van der Waals surface area (Å²) in [5.41, 5.74) is 0.503. The first kappa shape index (κ1) is 19.4. The first-order valence-electron chi connectivity index (χ1n) is 10.7. The Bertz CT molecular complexity index is 537. The van der Waals surface area contributed by atoms with Gasteiger partial charge in [0.1, 0.15) is 0 Å². The van der Waals surface area contributed by atoms with E-state index in [2.05, 4.69) is 28.8 Å². The summed E-state index contributed by atoms with van der Waals surface area (Å²) in [5.74, 6) is 0.891. The predicted octanol–water partition coefficient (Wildman–Crippen LogP) is 4.62. The zero-order valence-electron chi connectivity index (χ0n) is 16.6. The Labute approximate surface area is 158 Å². The third-order valence-corrected chi connectivity index (χ3v) is 6.22. The molecule has 2 saturated carbocycles. The zero-order valence-corrected chi connectivity index (χ0v) is 16.6. The van der Waals surface area contributed by atoms with Gasteiger partial charge < -0.3 is 9.42 Å². The molecular weight excluding hydrogens is 326 g/mol. The van der Waals surface area contributed by atoms with Crippen LogP contribution in [0, 0.1) is 0 Å². The molecule has 0 radical (unpaired) electrons. The lowest BCUT2D eigenvalue weighted by Crippen LogP contribution is -2.48. The summed E-state index contributed by atoms with van der Waals surface area (Å²) in [4.78, 5) is 17.8. The molecule has 0 atom stereocenters. The second-order valence-electron chi connectivity index (χ2n) is 7.94. The monoisotopic (exact) mass is 361 g/mol. The van der Waals surface area contributed by atoms with Gasteiger partial charge in [-0.3, -0.25) is 9.69 Å². The summed E-state index contributed by atoms with van der Waals surface area (Å²) >= 11 is 0. The fourth-order valence-corrected chi connectivity index (χ4v) is 4.64. The number of nitrogens with zero attached hydrogens (tertiary/aromatic N) is 3. The van der Waals surface area contributed by atoms with Gasteiger partial charge in [-0.1, -0.05) is 57.5 Å². The highest BCUT2D eigenvalue weighted by Crippen LogP contribution is 2.31. The van der Waals surface area contributed by atoms with Gasteiger partial charge in [0.05, 0.1) is 6.54 Å². The lowest BCUT2D eigenvalue weighted by atomic mass is 9.88. The van der Waals surface area contributed by atoms with Gasteiger partial charge in [-0.25, -0.2) is 0 Å². The standard InChI is InChI=1S/C21H35N3O2/c1-3-23(4-2)16-19-15-20(22-26-19)21(25)24(17-11-7-5-8-12-17)18-13-9-6-10-14-18/h15,17-18H,3-14,16H2,1-2H3. The highest BCUT2D eigenvalue weighted by molar-refractivity contribution is 5.92. The van der Waals surface area contributed by atoms with Gasteiger partial charge in [0.15, 0.2) is 11.5 Å². The van der Waals surface area contributed by atoms with Crippen molar-refractivity contribution in [1.29, 1.82) is 0 Å². The molecule has 0 aliphatic heterocycles. The largest absolute Gasteiger partial charge is 0.359 e. The Hall–Kier alpha value is -1.36. The van der Waals surface area contributed by atoms with Gasteiger partial charge in [-0.2, -0.15) is 0 Å². The Morgan fingerprint density at radius 2 is 1.54 bits per heavy atom. The lowest BCUT2D eigenvalue weighted by Gasteiger charge is -2.41. The van der Waals surface area contributed by atoms with E-state index in [0.717, 1.165) is 51.1 Å². The minimum atomic E-state index is 0.0957. The molecule has 1 heterocycles. The molecule has 0 N–H and O–H groups in total. The SMILES string of the molecule is CCN(CC)Cc1cc(C(=O)N(C2CCCCC2)C2CCCCC2)no1. The van der Waals surface area contributed by atoms with Gasteiger partial charge in [0.25, 0.3) is 5.91 Å². The molecule has 3 rings (SSSR count). The van der Waals surface area contributed by atoms with Gasteiger partial charge in [-0.05, 0) is 38.8 Å². The summed E-state index contributed by atoms with van der Waals surface area (Å²) in [5, 5.41) is 4.16.